The number of halogens is 1. The van der Waals surface area contributed by atoms with Gasteiger partial charge in [-0.15, -0.1) is 0 Å². The molecule has 15 heavy (non-hydrogen) atoms. The van der Waals surface area contributed by atoms with Crippen molar-refractivity contribution in [1.29, 1.82) is 0 Å². The Kier molecular flexibility index (Phi) is 3.49. The van der Waals surface area contributed by atoms with Gasteiger partial charge in [-0.25, -0.2) is 4.98 Å². The molecule has 0 fully saturated rings. The molecular weight excluding hydrogens is 252 g/mol. The molecule has 1 aliphatic carbocycles. The van der Waals surface area contributed by atoms with Gasteiger partial charge in [0, 0.05) is 17.6 Å². The maximum atomic E-state index is 4.69. The molecule has 84 valence electrons. The first kappa shape index (κ1) is 11.2. The summed E-state index contributed by atoms with van der Waals surface area (Å²) in [6.07, 6.45) is 5.06. The monoisotopic (exact) mass is 270 g/mol. The van der Waals surface area contributed by atoms with Crippen molar-refractivity contribution in [3.05, 3.63) is 17.2 Å². The Labute approximate surface area is 100 Å². The molecule has 2 rings (SSSR count). The van der Waals surface area contributed by atoms with Crippen molar-refractivity contribution in [2.75, 3.05) is 5.33 Å². The molecule has 0 N–H and O–H groups in total. The molecule has 0 bridgehead atoms. The quantitative estimate of drug-likeness (QED) is 0.772. The van der Waals surface area contributed by atoms with Crippen molar-refractivity contribution in [2.24, 2.45) is 5.92 Å². The fraction of sp³-hybridized carbons (Fsp3) is 0.750. The van der Waals surface area contributed by atoms with E-state index in [1.165, 1.54) is 42.9 Å². The standard InChI is InChI=1S/C12H19BrN2/c1-9(7-13)8-15-10(2)14-11-5-3-4-6-12(11)15/h9H,3-8H2,1-2H3. The molecule has 0 amide bonds. The van der Waals surface area contributed by atoms with Crippen LogP contribution in [0.4, 0.5) is 0 Å². The van der Waals surface area contributed by atoms with Crippen molar-refractivity contribution >= 4 is 15.9 Å². The number of aromatic nitrogens is 2. The summed E-state index contributed by atoms with van der Waals surface area (Å²) in [5, 5.41) is 1.07. The van der Waals surface area contributed by atoms with E-state index >= 15 is 0 Å². The number of alkyl halides is 1. The highest BCUT2D eigenvalue weighted by atomic mass is 79.9. The summed E-state index contributed by atoms with van der Waals surface area (Å²) in [6.45, 7) is 5.53. The lowest BCUT2D eigenvalue weighted by atomic mass is 10.0. The molecule has 1 aliphatic rings. The molecule has 0 radical (unpaired) electrons. The van der Waals surface area contributed by atoms with Crippen LogP contribution in [0.2, 0.25) is 0 Å². The highest BCUT2D eigenvalue weighted by molar-refractivity contribution is 9.09. The normalized spacial score (nSPS) is 17.5. The van der Waals surface area contributed by atoms with Gasteiger partial charge in [0.15, 0.2) is 0 Å². The molecule has 1 unspecified atom stereocenters. The Hall–Kier alpha value is -0.310. The molecule has 0 spiro atoms. The zero-order chi connectivity index (χ0) is 10.8. The molecule has 1 aromatic rings. The first-order chi connectivity index (χ1) is 7.22. The number of imidazole rings is 1. The summed E-state index contributed by atoms with van der Waals surface area (Å²) < 4.78 is 2.43. The Morgan fingerprint density at radius 2 is 2.13 bits per heavy atom. The van der Waals surface area contributed by atoms with Crippen LogP contribution in [0.15, 0.2) is 0 Å². The maximum Gasteiger partial charge on any atom is 0.106 e. The van der Waals surface area contributed by atoms with Crippen LogP contribution < -0.4 is 0 Å². The lowest BCUT2D eigenvalue weighted by molar-refractivity contribution is 0.499. The van der Waals surface area contributed by atoms with Crippen molar-refractivity contribution in [2.45, 2.75) is 46.1 Å². The van der Waals surface area contributed by atoms with Gasteiger partial charge >= 0.3 is 0 Å². The van der Waals surface area contributed by atoms with Gasteiger partial charge in [-0.3, -0.25) is 0 Å². The summed E-state index contributed by atoms with van der Waals surface area (Å²) in [6, 6.07) is 0. The molecule has 1 heterocycles. The van der Waals surface area contributed by atoms with Gasteiger partial charge in [-0.1, -0.05) is 22.9 Å². The number of hydrogen-bond acceptors (Lipinski definition) is 1. The fourth-order valence-electron chi connectivity index (χ4n) is 2.34. The molecule has 0 saturated heterocycles. The van der Waals surface area contributed by atoms with Gasteiger partial charge in [0.1, 0.15) is 5.82 Å². The predicted molar refractivity (Wildman–Crippen MR) is 66.6 cm³/mol. The molecule has 2 nitrogen and oxygen atoms in total. The SMILES string of the molecule is Cc1nc2c(n1CC(C)CBr)CCCC2. The van der Waals surface area contributed by atoms with Crippen molar-refractivity contribution in [1.82, 2.24) is 9.55 Å². The summed E-state index contributed by atoms with van der Waals surface area (Å²) in [5.41, 5.74) is 2.87. The van der Waals surface area contributed by atoms with E-state index in [1.807, 2.05) is 0 Å². The summed E-state index contributed by atoms with van der Waals surface area (Å²) in [4.78, 5) is 4.69. The Bertz CT molecular complexity index is 344. The van der Waals surface area contributed by atoms with E-state index in [2.05, 4.69) is 39.3 Å². The molecule has 1 atom stereocenters. The maximum absolute atomic E-state index is 4.69. The van der Waals surface area contributed by atoms with E-state index < -0.39 is 0 Å². The largest absolute Gasteiger partial charge is 0.332 e. The lowest BCUT2D eigenvalue weighted by Crippen LogP contribution is -2.14. The van der Waals surface area contributed by atoms with Gasteiger partial charge in [-0.2, -0.15) is 0 Å². The van der Waals surface area contributed by atoms with Crippen LogP contribution in [0.1, 0.15) is 37.0 Å². The predicted octanol–water partition coefficient (Wildman–Crippen LogP) is 3.10. The Morgan fingerprint density at radius 1 is 1.40 bits per heavy atom. The van der Waals surface area contributed by atoms with Crippen molar-refractivity contribution in [3.8, 4) is 0 Å². The zero-order valence-corrected chi connectivity index (χ0v) is 11.2. The lowest BCUT2D eigenvalue weighted by Gasteiger charge is -2.17. The minimum absolute atomic E-state index is 0.684. The van der Waals surface area contributed by atoms with Gasteiger partial charge in [0.2, 0.25) is 0 Å². The molecule has 0 saturated carbocycles. The van der Waals surface area contributed by atoms with Crippen LogP contribution in [0, 0.1) is 12.8 Å². The van der Waals surface area contributed by atoms with Crippen LogP contribution in [0.5, 0.6) is 0 Å². The van der Waals surface area contributed by atoms with Crippen LogP contribution in [0.3, 0.4) is 0 Å². The van der Waals surface area contributed by atoms with E-state index in [0.29, 0.717) is 5.92 Å². The molecule has 0 aromatic carbocycles. The third-order valence-electron chi connectivity index (χ3n) is 3.18. The van der Waals surface area contributed by atoms with Gasteiger partial charge in [0.05, 0.1) is 5.69 Å². The number of rotatable bonds is 3. The molecular formula is C12H19BrN2. The number of fused-ring (bicyclic) bond motifs is 1. The van der Waals surface area contributed by atoms with E-state index in [-0.39, 0.29) is 0 Å². The van der Waals surface area contributed by atoms with E-state index in [1.54, 1.807) is 0 Å². The second kappa shape index (κ2) is 4.69. The third-order valence-corrected chi connectivity index (χ3v) is 4.29. The van der Waals surface area contributed by atoms with Gasteiger partial charge in [0.25, 0.3) is 0 Å². The second-order valence-electron chi connectivity index (χ2n) is 4.63. The second-order valence-corrected chi connectivity index (χ2v) is 5.28. The molecule has 3 heteroatoms. The van der Waals surface area contributed by atoms with Crippen LogP contribution >= 0.6 is 15.9 Å². The fourth-order valence-corrected chi connectivity index (χ4v) is 2.54. The molecule has 1 aromatic heterocycles. The van der Waals surface area contributed by atoms with Gasteiger partial charge < -0.3 is 4.57 Å². The Balaban J connectivity index is 2.25. The van der Waals surface area contributed by atoms with Crippen molar-refractivity contribution in [3.63, 3.8) is 0 Å². The van der Waals surface area contributed by atoms with Crippen molar-refractivity contribution < 1.29 is 0 Å². The summed E-state index contributed by atoms with van der Waals surface area (Å²) >= 11 is 3.55. The third kappa shape index (κ3) is 2.27. The highest BCUT2D eigenvalue weighted by Gasteiger charge is 2.18. The topological polar surface area (TPSA) is 17.8 Å². The number of nitrogens with zero attached hydrogens (tertiary/aromatic N) is 2. The summed E-state index contributed by atoms with van der Waals surface area (Å²) in [5.74, 6) is 1.89. The highest BCUT2D eigenvalue weighted by Crippen LogP contribution is 2.23. The number of aryl methyl sites for hydroxylation is 2. The first-order valence-corrected chi connectivity index (χ1v) is 6.95. The smallest absolute Gasteiger partial charge is 0.106 e. The number of hydrogen-bond donors (Lipinski definition) is 0. The average Bonchev–Trinajstić information content (AvgIpc) is 2.55. The van der Waals surface area contributed by atoms with E-state index in [9.17, 15) is 0 Å². The minimum atomic E-state index is 0.684. The van der Waals surface area contributed by atoms with E-state index in [4.69, 9.17) is 0 Å². The molecule has 0 aliphatic heterocycles. The first-order valence-electron chi connectivity index (χ1n) is 5.83. The van der Waals surface area contributed by atoms with E-state index in [0.717, 1.165) is 11.9 Å². The van der Waals surface area contributed by atoms with Crippen LogP contribution in [-0.4, -0.2) is 14.9 Å². The van der Waals surface area contributed by atoms with Crippen LogP contribution in [0.25, 0.3) is 0 Å². The summed E-state index contributed by atoms with van der Waals surface area (Å²) in [7, 11) is 0. The van der Waals surface area contributed by atoms with Crippen LogP contribution in [-0.2, 0) is 19.4 Å². The Morgan fingerprint density at radius 3 is 2.87 bits per heavy atom. The minimum Gasteiger partial charge on any atom is -0.332 e. The zero-order valence-electron chi connectivity index (χ0n) is 9.59. The average molecular weight is 271 g/mol. The van der Waals surface area contributed by atoms with Gasteiger partial charge in [-0.05, 0) is 38.5 Å².